The van der Waals surface area contributed by atoms with E-state index < -0.39 is 18.1 Å². The number of fused-ring (bicyclic) bond motifs is 1. The molecule has 0 saturated carbocycles. The Labute approximate surface area is 186 Å². The number of carbonyl (C=O) groups excluding carboxylic acids is 1. The number of ether oxygens (including phenoxy) is 1. The number of nitrogens with one attached hydrogen (secondary N) is 1. The summed E-state index contributed by atoms with van der Waals surface area (Å²) < 4.78 is 43.3. The number of amides is 1. The lowest BCUT2D eigenvalue weighted by Crippen LogP contribution is -2.50. The summed E-state index contributed by atoms with van der Waals surface area (Å²) in [6.45, 7) is 4.71. The normalized spacial score (nSPS) is 17.7. The maximum atomic E-state index is 12.5. The number of nitrogens with zero attached hydrogens (tertiary/aromatic N) is 1. The molecule has 32 heavy (non-hydrogen) atoms. The Bertz CT molecular complexity index is 991. The molecule has 1 saturated heterocycles. The first-order valence-electron chi connectivity index (χ1n) is 10.9. The smallest absolute Gasteiger partial charge is 0.471 e. The molecule has 0 atom stereocenters. The van der Waals surface area contributed by atoms with E-state index in [9.17, 15) is 18.0 Å². The Morgan fingerprint density at radius 1 is 1.09 bits per heavy atom. The molecule has 1 radical (unpaired) electrons. The monoisotopic (exact) mass is 444 g/mol. The van der Waals surface area contributed by atoms with Crippen LogP contribution in [0.4, 0.5) is 13.2 Å². The fraction of sp³-hybridized carbons (Fsp3) is 0.400. The van der Waals surface area contributed by atoms with Gasteiger partial charge in [-0.25, -0.2) is 0 Å². The largest absolute Gasteiger partial charge is 0.493 e. The highest BCUT2D eigenvalue weighted by Crippen LogP contribution is 2.31. The summed E-state index contributed by atoms with van der Waals surface area (Å²) in [5, 5.41) is 2.11. The molecule has 2 heterocycles. The van der Waals surface area contributed by atoms with Crippen LogP contribution in [0, 0.1) is 6.92 Å². The average molecular weight is 444 g/mol. The molecule has 2 aliphatic rings. The number of alkyl halides is 3. The van der Waals surface area contributed by atoms with Crippen LogP contribution in [0.15, 0.2) is 48.0 Å². The van der Waals surface area contributed by atoms with E-state index in [2.05, 4.69) is 59.6 Å². The lowest BCUT2D eigenvalue weighted by atomic mass is 9.99. The van der Waals surface area contributed by atoms with E-state index >= 15 is 0 Å². The van der Waals surface area contributed by atoms with Gasteiger partial charge in [-0.05, 0) is 41.8 Å². The van der Waals surface area contributed by atoms with E-state index in [-0.39, 0.29) is 0 Å². The maximum Gasteiger partial charge on any atom is 0.471 e. The molecule has 0 aliphatic carbocycles. The summed E-state index contributed by atoms with van der Waals surface area (Å²) in [6, 6.07) is 14.2. The van der Waals surface area contributed by atoms with Crippen molar-refractivity contribution < 1.29 is 22.7 Å². The molecule has 169 valence electrons. The number of piperidine rings is 1. The standard InChI is InChI=1S/C25H27F3N2O2/c1-17-2-4-19(5-3-17)20-6-7-23-21(15-20)14-18(10-13-32-23)16-30-11-8-22(9-12-30)29-24(31)25(26,27)28/h2-7,14-15,22H,8-13,16H2,1H3,(H,29,31)/q+1. The van der Waals surface area contributed by atoms with Crippen molar-refractivity contribution in [3.63, 3.8) is 0 Å². The minimum atomic E-state index is -4.83. The van der Waals surface area contributed by atoms with Crippen LogP contribution in [0.5, 0.6) is 5.75 Å². The van der Waals surface area contributed by atoms with Crippen LogP contribution < -0.4 is 15.0 Å². The summed E-state index contributed by atoms with van der Waals surface area (Å²) in [6.07, 6.45) is -0.816. The molecule has 4 nitrogen and oxygen atoms in total. The third kappa shape index (κ3) is 5.51. The van der Waals surface area contributed by atoms with Gasteiger partial charge in [-0.2, -0.15) is 18.1 Å². The summed E-state index contributed by atoms with van der Waals surface area (Å²) in [5.74, 6) is -0.981. The molecule has 0 bridgehead atoms. The van der Waals surface area contributed by atoms with Crippen LogP contribution in [-0.2, 0) is 4.79 Å². The molecule has 1 N–H and O–H groups in total. The molecule has 0 aromatic heterocycles. The topological polar surface area (TPSA) is 44.2 Å². The Balaban J connectivity index is 1.41. The second-order valence-electron chi connectivity index (χ2n) is 8.54. The molecular weight excluding hydrogens is 417 g/mol. The Morgan fingerprint density at radius 3 is 2.47 bits per heavy atom. The van der Waals surface area contributed by atoms with Crippen LogP contribution in [0.2, 0.25) is 0 Å². The highest BCUT2D eigenvalue weighted by molar-refractivity contribution is 5.82. The quantitative estimate of drug-likeness (QED) is 0.688. The fourth-order valence-electron chi connectivity index (χ4n) is 4.22. The van der Waals surface area contributed by atoms with Gasteiger partial charge in [0.1, 0.15) is 25.4 Å². The Hall–Kier alpha value is -2.80. The molecule has 0 unspecified atom stereocenters. The van der Waals surface area contributed by atoms with Gasteiger partial charge in [-0.1, -0.05) is 35.9 Å². The lowest BCUT2D eigenvalue weighted by molar-refractivity contribution is -0.174. The first-order valence-corrected chi connectivity index (χ1v) is 10.9. The number of likely N-dealkylation sites (tertiary alicyclic amines) is 1. The van der Waals surface area contributed by atoms with E-state index in [0.29, 0.717) is 32.5 Å². The fourth-order valence-corrected chi connectivity index (χ4v) is 4.22. The molecule has 2 aliphatic heterocycles. The zero-order valence-electron chi connectivity index (χ0n) is 18.0. The summed E-state index contributed by atoms with van der Waals surface area (Å²) in [5.41, 5.74) is 5.79. The Kier molecular flexibility index (Phi) is 6.55. The van der Waals surface area contributed by atoms with E-state index in [1.165, 1.54) is 11.1 Å². The van der Waals surface area contributed by atoms with Crippen molar-refractivity contribution >= 4 is 12.0 Å². The zero-order valence-corrected chi connectivity index (χ0v) is 18.0. The number of carbonyl (C=O) groups is 1. The number of rotatable bonds is 4. The molecule has 0 spiro atoms. The predicted octanol–water partition coefficient (Wildman–Crippen LogP) is 4.81. The minimum absolute atomic E-state index is 0.426. The van der Waals surface area contributed by atoms with Gasteiger partial charge < -0.3 is 10.1 Å². The second kappa shape index (κ2) is 9.36. The number of aryl methyl sites for hydroxylation is 1. The van der Waals surface area contributed by atoms with Crippen molar-refractivity contribution in [1.82, 2.24) is 10.2 Å². The average Bonchev–Trinajstić information content (AvgIpc) is 2.96. The van der Waals surface area contributed by atoms with Crippen LogP contribution in [0.1, 0.15) is 30.4 Å². The highest BCUT2D eigenvalue weighted by Gasteiger charge is 2.40. The lowest BCUT2D eigenvalue weighted by Gasteiger charge is -2.26. The molecule has 7 heteroatoms. The zero-order chi connectivity index (χ0) is 22.7. The van der Waals surface area contributed by atoms with Gasteiger partial charge in [-0.15, -0.1) is 0 Å². The molecule has 1 fully saturated rings. The SMILES string of the molecule is Cc1ccc(-c2ccc3c(c2)C=C(C[N+]2CCC(NC(=O)C(F)(F)F)CC2)CCO3)cc1. The molecule has 1 amide bonds. The molecular formula is C25H27F3N2O2+. The van der Waals surface area contributed by atoms with E-state index in [4.69, 9.17) is 4.74 Å². The predicted molar refractivity (Wildman–Crippen MR) is 119 cm³/mol. The second-order valence-corrected chi connectivity index (χ2v) is 8.54. The molecule has 4 rings (SSSR count). The first kappa shape index (κ1) is 22.4. The maximum absolute atomic E-state index is 12.5. The first-order chi connectivity index (χ1) is 15.3. The summed E-state index contributed by atoms with van der Waals surface area (Å²) in [4.78, 5) is 13.4. The highest BCUT2D eigenvalue weighted by atomic mass is 19.4. The van der Waals surface area contributed by atoms with Gasteiger partial charge >= 0.3 is 12.1 Å². The van der Waals surface area contributed by atoms with Crippen molar-refractivity contribution in [2.45, 2.75) is 38.4 Å². The van der Waals surface area contributed by atoms with Gasteiger partial charge in [0.25, 0.3) is 0 Å². The van der Waals surface area contributed by atoms with Crippen molar-refractivity contribution in [2.75, 3.05) is 26.2 Å². The van der Waals surface area contributed by atoms with Gasteiger partial charge in [0.2, 0.25) is 0 Å². The Morgan fingerprint density at radius 2 is 1.78 bits per heavy atom. The minimum Gasteiger partial charge on any atom is -0.493 e. The van der Waals surface area contributed by atoms with Gasteiger partial charge in [0, 0.05) is 30.9 Å². The number of hydrogen-bond donors (Lipinski definition) is 1. The number of hydrogen-bond acceptors (Lipinski definition) is 3. The van der Waals surface area contributed by atoms with Crippen molar-refractivity contribution in [2.24, 2.45) is 0 Å². The summed E-state index contributed by atoms with van der Waals surface area (Å²) >= 11 is 0. The van der Waals surface area contributed by atoms with Crippen LogP contribution in [0.25, 0.3) is 17.2 Å². The van der Waals surface area contributed by atoms with E-state index in [1.54, 1.807) is 0 Å². The van der Waals surface area contributed by atoms with Crippen LogP contribution in [-0.4, -0.2) is 44.4 Å². The number of benzene rings is 2. The van der Waals surface area contributed by atoms with Gasteiger partial charge in [0.05, 0.1) is 6.61 Å². The van der Waals surface area contributed by atoms with E-state index in [0.717, 1.165) is 35.4 Å². The van der Waals surface area contributed by atoms with Gasteiger partial charge in [-0.3, -0.25) is 4.79 Å². The third-order valence-corrected chi connectivity index (χ3v) is 6.04. The van der Waals surface area contributed by atoms with Crippen LogP contribution >= 0.6 is 0 Å². The van der Waals surface area contributed by atoms with Crippen molar-refractivity contribution in [3.05, 3.63) is 59.2 Å². The molecule has 2 aromatic rings. The van der Waals surface area contributed by atoms with E-state index in [1.807, 2.05) is 6.07 Å². The van der Waals surface area contributed by atoms with Crippen LogP contribution in [0.3, 0.4) is 0 Å². The number of halogens is 3. The van der Waals surface area contributed by atoms with Crippen molar-refractivity contribution in [3.8, 4) is 16.9 Å². The molecule has 2 aromatic carbocycles. The third-order valence-electron chi connectivity index (χ3n) is 6.04. The summed E-state index contributed by atoms with van der Waals surface area (Å²) in [7, 11) is 0. The van der Waals surface area contributed by atoms with Gasteiger partial charge in [0.15, 0.2) is 0 Å². The van der Waals surface area contributed by atoms with Crippen molar-refractivity contribution in [1.29, 1.82) is 0 Å².